The summed E-state index contributed by atoms with van der Waals surface area (Å²) in [5.41, 5.74) is 0.873. The van der Waals surface area contributed by atoms with E-state index in [0.717, 1.165) is 11.8 Å². The van der Waals surface area contributed by atoms with Crippen molar-refractivity contribution in [2.75, 3.05) is 12.0 Å². The van der Waals surface area contributed by atoms with Gasteiger partial charge in [0.1, 0.15) is 0 Å². The SMILES string of the molecule is CCC[C@H](C[S@](=O)(=NS(=O)(=O)c1ccc(C)cc1)c1ccccc1)OS(C)(=O)=O. The fourth-order valence-corrected chi connectivity index (χ4v) is 7.63. The van der Waals surface area contributed by atoms with Gasteiger partial charge in [0.05, 0.1) is 32.7 Å². The number of aryl methyl sites for hydroxylation is 1. The molecule has 0 heterocycles. The fourth-order valence-electron chi connectivity index (χ4n) is 2.69. The van der Waals surface area contributed by atoms with Crippen LogP contribution in [0.25, 0.3) is 0 Å². The van der Waals surface area contributed by atoms with Crippen LogP contribution in [0.5, 0.6) is 0 Å². The Morgan fingerprint density at radius 2 is 1.48 bits per heavy atom. The summed E-state index contributed by atoms with van der Waals surface area (Å²) >= 11 is 0. The van der Waals surface area contributed by atoms with E-state index >= 15 is 0 Å². The maximum absolute atomic E-state index is 13.8. The topological polar surface area (TPSA) is 107 Å². The third-order valence-electron chi connectivity index (χ3n) is 3.98. The maximum atomic E-state index is 13.8. The van der Waals surface area contributed by atoms with Gasteiger partial charge in [0.15, 0.2) is 0 Å². The summed E-state index contributed by atoms with van der Waals surface area (Å²) in [7, 11) is -11.6. The van der Waals surface area contributed by atoms with E-state index in [1.165, 1.54) is 24.3 Å². The molecule has 160 valence electrons. The van der Waals surface area contributed by atoms with E-state index in [4.69, 9.17) is 4.18 Å². The van der Waals surface area contributed by atoms with Gasteiger partial charge in [-0.1, -0.05) is 49.2 Å². The molecule has 2 aromatic carbocycles. The summed E-state index contributed by atoms with van der Waals surface area (Å²) in [6.45, 7) is 3.64. The molecule has 7 nitrogen and oxygen atoms in total. The highest BCUT2D eigenvalue weighted by molar-refractivity contribution is 8.03. The van der Waals surface area contributed by atoms with Gasteiger partial charge in [-0.3, -0.25) is 4.18 Å². The van der Waals surface area contributed by atoms with Crippen LogP contribution < -0.4 is 0 Å². The summed E-state index contributed by atoms with van der Waals surface area (Å²) in [5.74, 6) is -0.358. The first-order chi connectivity index (χ1) is 13.5. The smallest absolute Gasteiger partial charge is 0.266 e. The minimum absolute atomic E-state index is 0.0807. The Morgan fingerprint density at radius 3 is 2.00 bits per heavy atom. The van der Waals surface area contributed by atoms with Crippen molar-refractivity contribution >= 4 is 29.9 Å². The molecule has 0 amide bonds. The van der Waals surface area contributed by atoms with Crippen molar-refractivity contribution < 1.29 is 25.2 Å². The summed E-state index contributed by atoms with van der Waals surface area (Å²) in [4.78, 5) is 0.122. The van der Waals surface area contributed by atoms with E-state index in [1.54, 1.807) is 30.3 Å². The molecule has 0 bridgehead atoms. The minimum atomic E-state index is -4.24. The van der Waals surface area contributed by atoms with E-state index in [-0.39, 0.29) is 22.0 Å². The van der Waals surface area contributed by atoms with Crippen LogP contribution in [-0.4, -0.2) is 39.2 Å². The van der Waals surface area contributed by atoms with Crippen molar-refractivity contribution in [2.45, 2.75) is 42.6 Å². The Hall–Kier alpha value is -1.75. The second-order valence-electron chi connectivity index (χ2n) is 6.69. The van der Waals surface area contributed by atoms with Gasteiger partial charge in [0, 0.05) is 4.90 Å². The second-order valence-corrected chi connectivity index (χ2v) is 12.4. The van der Waals surface area contributed by atoms with Crippen LogP contribution in [0.15, 0.2) is 68.2 Å². The highest BCUT2D eigenvalue weighted by Gasteiger charge is 2.26. The molecule has 0 aliphatic carbocycles. The van der Waals surface area contributed by atoms with Crippen LogP contribution in [0.3, 0.4) is 0 Å². The molecule has 2 aromatic rings. The monoisotopic (exact) mass is 459 g/mol. The van der Waals surface area contributed by atoms with Crippen molar-refractivity contribution in [3.63, 3.8) is 0 Å². The Morgan fingerprint density at radius 1 is 0.897 bits per heavy atom. The van der Waals surface area contributed by atoms with Gasteiger partial charge >= 0.3 is 0 Å². The van der Waals surface area contributed by atoms with Crippen LogP contribution in [0.1, 0.15) is 25.3 Å². The van der Waals surface area contributed by atoms with Gasteiger partial charge in [0.25, 0.3) is 20.1 Å². The van der Waals surface area contributed by atoms with Crippen molar-refractivity contribution in [3.05, 3.63) is 60.2 Å². The molecule has 29 heavy (non-hydrogen) atoms. The van der Waals surface area contributed by atoms with Crippen LogP contribution >= 0.6 is 0 Å². The molecule has 10 heteroatoms. The lowest BCUT2D eigenvalue weighted by Crippen LogP contribution is -2.27. The Balaban J connectivity index is 2.61. The first-order valence-electron chi connectivity index (χ1n) is 8.96. The van der Waals surface area contributed by atoms with E-state index in [1.807, 2.05) is 13.8 Å². The van der Waals surface area contributed by atoms with Crippen LogP contribution in [0, 0.1) is 6.92 Å². The standard InChI is InChI=1S/C19H25NO6S3/c1-4-8-17(26-27(3,21)22)15-28(23,18-9-6-5-7-10-18)20-29(24,25)19-13-11-16(2)12-14-19/h5-7,9-14,17H,4,8,15H2,1-3H3/t17-,28-/m1/s1. The first kappa shape index (κ1) is 23.5. The fraction of sp³-hybridized carbons (Fsp3) is 0.368. The molecule has 2 rings (SSSR count). The minimum Gasteiger partial charge on any atom is -0.266 e. The number of nitrogens with zero attached hydrogens (tertiary/aromatic N) is 1. The lowest BCUT2D eigenvalue weighted by molar-refractivity contribution is 0.222. The highest BCUT2D eigenvalue weighted by atomic mass is 32.3. The molecule has 0 radical (unpaired) electrons. The van der Waals surface area contributed by atoms with Gasteiger partial charge in [-0.25, -0.2) is 4.21 Å². The zero-order valence-electron chi connectivity index (χ0n) is 16.5. The second kappa shape index (κ2) is 9.38. The number of hydrogen-bond donors (Lipinski definition) is 0. The lowest BCUT2D eigenvalue weighted by atomic mass is 10.2. The summed E-state index contributed by atoms with van der Waals surface area (Å²) in [6.07, 6.45) is 0.798. The number of hydrogen-bond acceptors (Lipinski definition) is 6. The van der Waals surface area contributed by atoms with Crippen LogP contribution in [0.4, 0.5) is 0 Å². The lowest BCUT2D eigenvalue weighted by Gasteiger charge is -2.18. The molecule has 0 aliphatic rings. The van der Waals surface area contributed by atoms with Crippen molar-refractivity contribution in [1.29, 1.82) is 0 Å². The van der Waals surface area contributed by atoms with Gasteiger partial charge in [-0.15, -0.1) is 3.77 Å². The summed E-state index contributed by atoms with van der Waals surface area (Å²) in [5, 5.41) is 0. The molecular weight excluding hydrogens is 434 g/mol. The number of sulfonamides is 1. The molecule has 0 saturated carbocycles. The van der Waals surface area contributed by atoms with E-state index in [9.17, 15) is 21.0 Å². The third kappa shape index (κ3) is 6.91. The van der Waals surface area contributed by atoms with E-state index in [2.05, 4.69) is 3.77 Å². The predicted octanol–water partition coefficient (Wildman–Crippen LogP) is 3.36. The quantitative estimate of drug-likeness (QED) is 0.532. The van der Waals surface area contributed by atoms with Crippen LogP contribution in [-0.2, 0) is 34.1 Å². The largest absolute Gasteiger partial charge is 0.290 e. The zero-order chi connectivity index (χ0) is 21.7. The highest BCUT2D eigenvalue weighted by Crippen LogP contribution is 2.23. The molecule has 0 spiro atoms. The van der Waals surface area contributed by atoms with Gasteiger partial charge < -0.3 is 0 Å². The van der Waals surface area contributed by atoms with E-state index in [0.29, 0.717) is 6.42 Å². The molecule has 0 aliphatic heterocycles. The Bertz CT molecular complexity index is 1150. The van der Waals surface area contributed by atoms with E-state index < -0.39 is 36.0 Å². The average molecular weight is 460 g/mol. The maximum Gasteiger partial charge on any atom is 0.290 e. The Kier molecular flexibility index (Phi) is 7.61. The number of benzene rings is 2. The summed E-state index contributed by atoms with van der Waals surface area (Å²) < 4.78 is 71.6. The Labute approximate surface area is 173 Å². The average Bonchev–Trinajstić information content (AvgIpc) is 2.61. The van der Waals surface area contributed by atoms with Crippen LogP contribution in [0.2, 0.25) is 0 Å². The van der Waals surface area contributed by atoms with Gasteiger partial charge in [-0.05, 0) is 37.6 Å². The van der Waals surface area contributed by atoms with Crippen molar-refractivity contribution in [2.24, 2.45) is 3.77 Å². The molecule has 0 N–H and O–H groups in total. The molecular formula is C19H25NO6S3. The summed E-state index contributed by atoms with van der Waals surface area (Å²) in [6, 6.07) is 14.0. The van der Waals surface area contributed by atoms with Crippen molar-refractivity contribution in [3.8, 4) is 0 Å². The number of rotatable bonds is 9. The molecule has 0 aromatic heterocycles. The zero-order valence-corrected chi connectivity index (χ0v) is 19.0. The molecule has 0 fully saturated rings. The van der Waals surface area contributed by atoms with Crippen molar-refractivity contribution in [1.82, 2.24) is 0 Å². The predicted molar refractivity (Wildman–Crippen MR) is 113 cm³/mol. The normalized spacial score (nSPS) is 15.4. The molecule has 0 unspecified atom stereocenters. The van der Waals surface area contributed by atoms with Gasteiger partial charge in [0.2, 0.25) is 0 Å². The molecule has 2 atom stereocenters. The van der Waals surface area contributed by atoms with Gasteiger partial charge in [-0.2, -0.15) is 16.8 Å². The molecule has 0 saturated heterocycles. The third-order valence-corrected chi connectivity index (χ3v) is 9.05. The first-order valence-corrected chi connectivity index (χ1v) is 13.9.